The van der Waals surface area contributed by atoms with Crippen LogP contribution in [0.1, 0.15) is 20.8 Å². The van der Waals surface area contributed by atoms with Gasteiger partial charge >= 0.3 is 0 Å². The number of carbonyl (C=O) groups excluding carboxylic acids is 1. The van der Waals surface area contributed by atoms with Gasteiger partial charge in [-0.3, -0.25) is 9.36 Å². The fraction of sp³-hybridized carbons (Fsp3) is 0.375. The number of morpholine rings is 1. The molecule has 3 aromatic rings. The first-order chi connectivity index (χ1) is 16.0. The van der Waals surface area contributed by atoms with E-state index in [0.29, 0.717) is 35.7 Å². The van der Waals surface area contributed by atoms with Gasteiger partial charge in [0.25, 0.3) is 0 Å². The maximum absolute atomic E-state index is 12.9. The Morgan fingerprint density at radius 2 is 1.82 bits per heavy atom. The summed E-state index contributed by atoms with van der Waals surface area (Å²) in [5.74, 6) is 1.72. The Labute approximate surface area is 203 Å². The van der Waals surface area contributed by atoms with E-state index in [-0.39, 0.29) is 23.9 Å². The predicted molar refractivity (Wildman–Crippen MR) is 130 cm³/mol. The summed E-state index contributed by atoms with van der Waals surface area (Å²) in [4.78, 5) is 14.8. The van der Waals surface area contributed by atoms with E-state index in [2.05, 4.69) is 10.2 Å². The van der Waals surface area contributed by atoms with Crippen LogP contribution in [0, 0.1) is 0 Å². The SMILES string of the molecule is CCOc1ccc(-n2c(SCC(=O)N3C[C@@H](C)O[C@@H](C)C3)nnc2-c2ccccc2Cl)cc1. The highest BCUT2D eigenvalue weighted by Crippen LogP contribution is 2.32. The number of hydrogen-bond acceptors (Lipinski definition) is 6. The molecule has 0 spiro atoms. The molecule has 4 rings (SSSR count). The summed E-state index contributed by atoms with van der Waals surface area (Å²) in [5.41, 5.74) is 1.64. The summed E-state index contributed by atoms with van der Waals surface area (Å²) >= 11 is 7.83. The van der Waals surface area contributed by atoms with Crippen LogP contribution in [0.2, 0.25) is 5.02 Å². The molecular formula is C24H27ClN4O3S. The topological polar surface area (TPSA) is 69.5 Å². The van der Waals surface area contributed by atoms with Crippen LogP contribution in [0.3, 0.4) is 0 Å². The quantitative estimate of drug-likeness (QED) is 0.450. The molecule has 0 aliphatic carbocycles. The Balaban J connectivity index is 1.62. The number of rotatable bonds is 7. The van der Waals surface area contributed by atoms with E-state index in [9.17, 15) is 4.79 Å². The number of carbonyl (C=O) groups is 1. The van der Waals surface area contributed by atoms with Crippen molar-refractivity contribution >= 4 is 29.3 Å². The van der Waals surface area contributed by atoms with Gasteiger partial charge in [-0.1, -0.05) is 35.5 Å². The molecule has 1 amide bonds. The average Bonchev–Trinajstić information content (AvgIpc) is 3.21. The zero-order valence-corrected chi connectivity index (χ0v) is 20.5. The molecule has 2 atom stereocenters. The second kappa shape index (κ2) is 10.6. The van der Waals surface area contributed by atoms with Gasteiger partial charge in [0.2, 0.25) is 5.91 Å². The zero-order chi connectivity index (χ0) is 23.4. The molecule has 0 saturated carbocycles. The summed E-state index contributed by atoms with van der Waals surface area (Å²) < 4.78 is 13.3. The lowest BCUT2D eigenvalue weighted by Crippen LogP contribution is -2.48. The second-order valence-corrected chi connectivity index (χ2v) is 9.24. The van der Waals surface area contributed by atoms with Gasteiger partial charge < -0.3 is 14.4 Å². The van der Waals surface area contributed by atoms with Gasteiger partial charge in [-0.05, 0) is 57.2 Å². The minimum atomic E-state index is 0.0297. The number of aromatic nitrogens is 3. The summed E-state index contributed by atoms with van der Waals surface area (Å²) in [7, 11) is 0. The molecule has 1 fully saturated rings. The van der Waals surface area contributed by atoms with Crippen LogP contribution in [-0.2, 0) is 9.53 Å². The number of ether oxygens (including phenoxy) is 2. The Morgan fingerprint density at radius 3 is 2.48 bits per heavy atom. The molecule has 1 aromatic heterocycles. The number of halogens is 1. The Bertz CT molecular complexity index is 1100. The van der Waals surface area contributed by atoms with E-state index >= 15 is 0 Å². The highest BCUT2D eigenvalue weighted by Gasteiger charge is 2.26. The van der Waals surface area contributed by atoms with Crippen LogP contribution in [0.25, 0.3) is 17.1 Å². The Kier molecular flexibility index (Phi) is 7.57. The molecule has 7 nitrogen and oxygen atoms in total. The smallest absolute Gasteiger partial charge is 0.233 e. The molecule has 174 valence electrons. The minimum absolute atomic E-state index is 0.0297. The van der Waals surface area contributed by atoms with E-state index in [1.54, 1.807) is 0 Å². The molecule has 1 aliphatic heterocycles. The highest BCUT2D eigenvalue weighted by atomic mass is 35.5. The first kappa shape index (κ1) is 23.6. The monoisotopic (exact) mass is 486 g/mol. The van der Waals surface area contributed by atoms with Crippen molar-refractivity contribution in [1.29, 1.82) is 0 Å². The number of hydrogen-bond donors (Lipinski definition) is 0. The maximum Gasteiger partial charge on any atom is 0.233 e. The lowest BCUT2D eigenvalue weighted by molar-refractivity contribution is -0.140. The van der Waals surface area contributed by atoms with E-state index in [4.69, 9.17) is 21.1 Å². The van der Waals surface area contributed by atoms with Gasteiger partial charge in [-0.15, -0.1) is 10.2 Å². The number of benzene rings is 2. The third-order valence-electron chi connectivity index (χ3n) is 5.25. The van der Waals surface area contributed by atoms with Crippen LogP contribution in [-0.4, -0.2) is 63.2 Å². The largest absolute Gasteiger partial charge is 0.494 e. The second-order valence-electron chi connectivity index (χ2n) is 7.89. The fourth-order valence-electron chi connectivity index (χ4n) is 3.87. The lowest BCUT2D eigenvalue weighted by atomic mass is 10.2. The van der Waals surface area contributed by atoms with Gasteiger partial charge in [-0.2, -0.15) is 0 Å². The Hall–Kier alpha value is -2.55. The van der Waals surface area contributed by atoms with Crippen molar-refractivity contribution in [3.8, 4) is 22.8 Å². The van der Waals surface area contributed by atoms with Crippen molar-refractivity contribution in [3.63, 3.8) is 0 Å². The molecule has 0 bridgehead atoms. The van der Waals surface area contributed by atoms with Crippen molar-refractivity contribution in [3.05, 3.63) is 53.6 Å². The van der Waals surface area contributed by atoms with Crippen LogP contribution < -0.4 is 4.74 Å². The van der Waals surface area contributed by atoms with Crippen molar-refractivity contribution in [2.75, 3.05) is 25.4 Å². The van der Waals surface area contributed by atoms with E-state index in [1.165, 1.54) is 11.8 Å². The van der Waals surface area contributed by atoms with Crippen molar-refractivity contribution in [2.24, 2.45) is 0 Å². The summed E-state index contributed by atoms with van der Waals surface area (Å²) in [6.07, 6.45) is 0.0593. The van der Waals surface area contributed by atoms with Gasteiger partial charge in [0.05, 0.1) is 29.6 Å². The molecule has 33 heavy (non-hydrogen) atoms. The average molecular weight is 487 g/mol. The van der Waals surface area contributed by atoms with Crippen LogP contribution in [0.4, 0.5) is 0 Å². The minimum Gasteiger partial charge on any atom is -0.494 e. The fourth-order valence-corrected chi connectivity index (χ4v) is 4.95. The van der Waals surface area contributed by atoms with Gasteiger partial charge in [-0.25, -0.2) is 0 Å². The first-order valence-corrected chi connectivity index (χ1v) is 12.3. The Morgan fingerprint density at radius 1 is 1.12 bits per heavy atom. The molecule has 9 heteroatoms. The predicted octanol–water partition coefficient (Wildman–Crippen LogP) is 4.71. The number of nitrogens with zero attached hydrogens (tertiary/aromatic N) is 4. The third kappa shape index (κ3) is 5.51. The van der Waals surface area contributed by atoms with Crippen molar-refractivity contribution < 1.29 is 14.3 Å². The van der Waals surface area contributed by atoms with Crippen LogP contribution in [0.15, 0.2) is 53.7 Å². The summed E-state index contributed by atoms with van der Waals surface area (Å²) in [5, 5.41) is 10.0. The van der Waals surface area contributed by atoms with Crippen LogP contribution in [0.5, 0.6) is 5.75 Å². The molecule has 1 aliphatic rings. The lowest BCUT2D eigenvalue weighted by Gasteiger charge is -2.35. The first-order valence-electron chi connectivity index (χ1n) is 11.0. The van der Waals surface area contributed by atoms with E-state index in [0.717, 1.165) is 17.0 Å². The summed E-state index contributed by atoms with van der Waals surface area (Å²) in [6.45, 7) is 7.72. The van der Waals surface area contributed by atoms with Crippen molar-refractivity contribution in [2.45, 2.75) is 38.1 Å². The summed E-state index contributed by atoms with van der Waals surface area (Å²) in [6, 6.07) is 15.2. The normalized spacial score (nSPS) is 18.4. The molecule has 0 unspecified atom stereocenters. The molecule has 2 aromatic carbocycles. The van der Waals surface area contributed by atoms with E-state index in [1.807, 2.05) is 78.8 Å². The van der Waals surface area contributed by atoms with Gasteiger partial charge in [0.15, 0.2) is 11.0 Å². The standard InChI is InChI=1S/C24H27ClN4O3S/c1-4-31-19-11-9-18(10-12-19)29-23(20-7-5-6-8-21(20)25)26-27-24(29)33-15-22(30)28-13-16(2)32-17(3)14-28/h5-12,16-17H,4,13-15H2,1-3H3/t16-,17+. The molecule has 0 radical (unpaired) electrons. The molecule has 2 heterocycles. The number of thioether (sulfide) groups is 1. The van der Waals surface area contributed by atoms with Crippen molar-refractivity contribution in [1.82, 2.24) is 19.7 Å². The third-order valence-corrected chi connectivity index (χ3v) is 6.49. The number of amides is 1. The molecule has 0 N–H and O–H groups in total. The van der Waals surface area contributed by atoms with E-state index < -0.39 is 0 Å². The molecular weight excluding hydrogens is 460 g/mol. The van der Waals surface area contributed by atoms with Crippen LogP contribution >= 0.6 is 23.4 Å². The van der Waals surface area contributed by atoms with Gasteiger partial charge in [0, 0.05) is 24.3 Å². The molecule has 1 saturated heterocycles. The highest BCUT2D eigenvalue weighted by molar-refractivity contribution is 7.99. The zero-order valence-electron chi connectivity index (χ0n) is 18.9. The van der Waals surface area contributed by atoms with Gasteiger partial charge in [0.1, 0.15) is 5.75 Å². The maximum atomic E-state index is 12.9.